The van der Waals surface area contributed by atoms with E-state index in [1.54, 1.807) is 18.3 Å². The number of benzene rings is 2. The molecule has 0 saturated carbocycles. The topological polar surface area (TPSA) is 113 Å². The number of carbonyl (C=O) groups is 2. The molecule has 9 heteroatoms. The maximum Gasteiger partial charge on any atom is 0.287 e. The van der Waals surface area contributed by atoms with Crippen LogP contribution in [0.15, 0.2) is 71.3 Å². The standard InChI is InChI=1S/C22H18ClN5O3/c23-16-9-5-4-8-15(16)19-13-24-21(31-19)11-10-20(29)27-28-22(30)18-12-17(25-26-18)14-6-2-1-3-7-14/h1-9,12-13H,10-11H2,(H,25,26)(H,27,29)(H,28,30). The summed E-state index contributed by atoms with van der Waals surface area (Å²) in [5, 5.41) is 7.33. The van der Waals surface area contributed by atoms with Gasteiger partial charge in [0.15, 0.2) is 11.7 Å². The summed E-state index contributed by atoms with van der Waals surface area (Å²) in [5.74, 6) is 0.0500. The lowest BCUT2D eigenvalue weighted by molar-refractivity contribution is -0.121. The zero-order valence-corrected chi connectivity index (χ0v) is 17.0. The molecular weight excluding hydrogens is 418 g/mol. The molecule has 0 saturated heterocycles. The molecule has 2 aromatic carbocycles. The number of hydrazine groups is 1. The predicted octanol–water partition coefficient (Wildman–Crippen LogP) is 3.78. The van der Waals surface area contributed by atoms with Gasteiger partial charge in [-0.15, -0.1) is 0 Å². The lowest BCUT2D eigenvalue weighted by Gasteiger charge is -2.05. The Kier molecular flexibility index (Phi) is 6.09. The van der Waals surface area contributed by atoms with Crippen molar-refractivity contribution in [1.82, 2.24) is 26.0 Å². The minimum atomic E-state index is -0.500. The first-order valence-electron chi connectivity index (χ1n) is 9.50. The molecule has 0 unspecified atom stereocenters. The average molecular weight is 436 g/mol. The highest BCUT2D eigenvalue weighted by molar-refractivity contribution is 6.33. The van der Waals surface area contributed by atoms with Crippen molar-refractivity contribution < 1.29 is 14.0 Å². The number of nitrogens with one attached hydrogen (secondary N) is 3. The van der Waals surface area contributed by atoms with Gasteiger partial charge in [0.05, 0.1) is 16.9 Å². The monoisotopic (exact) mass is 435 g/mol. The SMILES string of the molecule is O=C(CCc1ncc(-c2ccccc2Cl)o1)NNC(=O)c1cc(-c2ccccc2)n[nH]1. The van der Waals surface area contributed by atoms with Crippen molar-refractivity contribution in [2.45, 2.75) is 12.8 Å². The Labute approximate surface area is 182 Å². The van der Waals surface area contributed by atoms with E-state index in [1.165, 1.54) is 0 Å². The van der Waals surface area contributed by atoms with Gasteiger partial charge >= 0.3 is 0 Å². The van der Waals surface area contributed by atoms with Crippen molar-refractivity contribution >= 4 is 23.4 Å². The van der Waals surface area contributed by atoms with Crippen molar-refractivity contribution in [3.63, 3.8) is 0 Å². The third-order valence-corrected chi connectivity index (χ3v) is 4.80. The van der Waals surface area contributed by atoms with Gasteiger partial charge in [-0.05, 0) is 18.2 Å². The second-order valence-corrected chi connectivity index (χ2v) is 7.04. The van der Waals surface area contributed by atoms with Crippen molar-refractivity contribution in [3.05, 3.63) is 83.5 Å². The summed E-state index contributed by atoms with van der Waals surface area (Å²) in [6.07, 6.45) is 1.92. The number of aromatic nitrogens is 3. The van der Waals surface area contributed by atoms with E-state index in [1.807, 2.05) is 48.5 Å². The molecule has 0 aliphatic rings. The molecule has 3 N–H and O–H groups in total. The van der Waals surface area contributed by atoms with E-state index in [9.17, 15) is 9.59 Å². The minimum Gasteiger partial charge on any atom is -0.441 e. The van der Waals surface area contributed by atoms with E-state index in [-0.39, 0.29) is 24.4 Å². The molecule has 4 aromatic rings. The van der Waals surface area contributed by atoms with Gasteiger partial charge in [0.25, 0.3) is 5.91 Å². The molecule has 0 fully saturated rings. The summed E-state index contributed by atoms with van der Waals surface area (Å²) in [6.45, 7) is 0. The predicted molar refractivity (Wildman–Crippen MR) is 115 cm³/mol. The third-order valence-electron chi connectivity index (χ3n) is 4.47. The van der Waals surface area contributed by atoms with Crippen LogP contribution in [0.5, 0.6) is 0 Å². The summed E-state index contributed by atoms with van der Waals surface area (Å²) in [5.41, 5.74) is 7.21. The molecule has 0 spiro atoms. The maximum atomic E-state index is 12.2. The second-order valence-electron chi connectivity index (χ2n) is 6.63. The van der Waals surface area contributed by atoms with Crippen LogP contribution in [0.1, 0.15) is 22.8 Å². The third kappa shape index (κ3) is 4.99. The molecule has 0 aliphatic carbocycles. The fourth-order valence-electron chi connectivity index (χ4n) is 2.88. The number of hydrogen-bond acceptors (Lipinski definition) is 5. The molecule has 0 atom stereocenters. The highest BCUT2D eigenvalue weighted by Gasteiger charge is 2.14. The Balaban J connectivity index is 1.27. The number of aromatic amines is 1. The normalized spacial score (nSPS) is 10.6. The summed E-state index contributed by atoms with van der Waals surface area (Å²) in [4.78, 5) is 28.5. The smallest absolute Gasteiger partial charge is 0.287 e. The number of aryl methyl sites for hydroxylation is 1. The number of hydrogen-bond donors (Lipinski definition) is 3. The van der Waals surface area contributed by atoms with Gasteiger partial charge in [0.1, 0.15) is 5.69 Å². The average Bonchev–Trinajstić information content (AvgIpc) is 3.47. The molecule has 31 heavy (non-hydrogen) atoms. The van der Waals surface area contributed by atoms with E-state index in [2.05, 4.69) is 26.0 Å². The first-order valence-corrected chi connectivity index (χ1v) is 9.87. The van der Waals surface area contributed by atoms with Crippen molar-refractivity contribution in [2.24, 2.45) is 0 Å². The molecule has 2 amide bonds. The highest BCUT2D eigenvalue weighted by atomic mass is 35.5. The van der Waals surface area contributed by atoms with Gasteiger partial charge in [0.2, 0.25) is 5.91 Å². The van der Waals surface area contributed by atoms with Crippen LogP contribution < -0.4 is 10.9 Å². The molecule has 0 bridgehead atoms. The zero-order chi connectivity index (χ0) is 21.6. The van der Waals surface area contributed by atoms with Gasteiger partial charge in [-0.2, -0.15) is 5.10 Å². The Morgan fingerprint density at radius 3 is 2.61 bits per heavy atom. The van der Waals surface area contributed by atoms with Crippen LogP contribution >= 0.6 is 11.6 Å². The van der Waals surface area contributed by atoms with Gasteiger partial charge in [0, 0.05) is 24.0 Å². The number of oxazole rings is 1. The quantitative estimate of drug-likeness (QED) is 0.399. The van der Waals surface area contributed by atoms with Gasteiger partial charge in [-0.25, -0.2) is 4.98 Å². The first-order chi connectivity index (χ1) is 15.1. The first kappa shape index (κ1) is 20.4. The van der Waals surface area contributed by atoms with Crippen LogP contribution in [0.2, 0.25) is 5.02 Å². The fraction of sp³-hybridized carbons (Fsp3) is 0.0909. The Hall–Kier alpha value is -3.91. The molecule has 4 rings (SSSR count). The van der Waals surface area contributed by atoms with Crippen molar-refractivity contribution in [1.29, 1.82) is 0 Å². The number of rotatable bonds is 6. The fourth-order valence-corrected chi connectivity index (χ4v) is 3.11. The van der Waals surface area contributed by atoms with Crippen LogP contribution in [0.25, 0.3) is 22.6 Å². The van der Waals surface area contributed by atoms with Crippen LogP contribution in [-0.2, 0) is 11.2 Å². The molecule has 2 heterocycles. The Morgan fingerprint density at radius 2 is 1.81 bits per heavy atom. The highest BCUT2D eigenvalue weighted by Crippen LogP contribution is 2.28. The number of carbonyl (C=O) groups excluding carboxylic acids is 2. The van der Waals surface area contributed by atoms with Crippen molar-refractivity contribution in [2.75, 3.05) is 0 Å². The Morgan fingerprint density at radius 1 is 1.03 bits per heavy atom. The summed E-state index contributed by atoms with van der Waals surface area (Å²) >= 11 is 6.15. The van der Waals surface area contributed by atoms with Crippen LogP contribution in [-0.4, -0.2) is 27.0 Å². The van der Waals surface area contributed by atoms with E-state index < -0.39 is 5.91 Å². The summed E-state index contributed by atoms with van der Waals surface area (Å²) in [6, 6.07) is 18.3. The molecule has 0 radical (unpaired) electrons. The van der Waals surface area contributed by atoms with Gasteiger partial charge < -0.3 is 4.42 Å². The summed E-state index contributed by atoms with van der Waals surface area (Å²) < 4.78 is 5.66. The second kappa shape index (κ2) is 9.27. The van der Waals surface area contributed by atoms with Crippen molar-refractivity contribution in [3.8, 4) is 22.6 Å². The van der Waals surface area contributed by atoms with Crippen LogP contribution in [0, 0.1) is 0 Å². The molecular formula is C22H18ClN5O3. The summed E-state index contributed by atoms with van der Waals surface area (Å²) in [7, 11) is 0. The Bertz CT molecular complexity index is 1200. The largest absolute Gasteiger partial charge is 0.441 e. The van der Waals surface area contributed by atoms with E-state index in [0.29, 0.717) is 22.4 Å². The minimum absolute atomic E-state index is 0.0843. The maximum absolute atomic E-state index is 12.2. The van der Waals surface area contributed by atoms with E-state index in [0.717, 1.165) is 11.1 Å². The molecule has 0 aliphatic heterocycles. The number of H-pyrrole nitrogens is 1. The molecule has 8 nitrogen and oxygen atoms in total. The number of halogens is 1. The van der Waals surface area contributed by atoms with Gasteiger partial charge in [-0.1, -0.05) is 54.1 Å². The van der Waals surface area contributed by atoms with Crippen LogP contribution in [0.3, 0.4) is 0 Å². The van der Waals surface area contributed by atoms with E-state index in [4.69, 9.17) is 16.0 Å². The lowest BCUT2D eigenvalue weighted by Crippen LogP contribution is -2.41. The number of nitrogens with zero attached hydrogens (tertiary/aromatic N) is 2. The molecule has 2 aromatic heterocycles. The zero-order valence-electron chi connectivity index (χ0n) is 16.3. The van der Waals surface area contributed by atoms with E-state index >= 15 is 0 Å². The molecule has 156 valence electrons. The lowest BCUT2D eigenvalue weighted by atomic mass is 10.1. The van der Waals surface area contributed by atoms with Crippen LogP contribution in [0.4, 0.5) is 0 Å². The van der Waals surface area contributed by atoms with Gasteiger partial charge in [-0.3, -0.25) is 25.5 Å². The number of amides is 2.